The summed E-state index contributed by atoms with van der Waals surface area (Å²) in [4.78, 5) is 23.3. The molecule has 1 aromatic rings. The van der Waals surface area contributed by atoms with Gasteiger partial charge < -0.3 is 14.8 Å². The first-order valence-corrected chi connectivity index (χ1v) is 7.19. The van der Waals surface area contributed by atoms with Gasteiger partial charge in [-0.15, -0.1) is 0 Å². The van der Waals surface area contributed by atoms with Gasteiger partial charge in [0.15, 0.2) is 0 Å². The molecule has 0 aliphatic rings. The molecule has 0 saturated heterocycles. The van der Waals surface area contributed by atoms with Crippen LogP contribution >= 0.6 is 0 Å². The Morgan fingerprint density at radius 3 is 2.41 bits per heavy atom. The van der Waals surface area contributed by atoms with Gasteiger partial charge in [-0.3, -0.25) is 5.32 Å². The van der Waals surface area contributed by atoms with E-state index in [0.717, 1.165) is 0 Å². The number of nitrogens with one attached hydrogen (secondary N) is 2. The number of carbonyl (C=O) groups excluding carboxylic acids is 2. The van der Waals surface area contributed by atoms with E-state index in [4.69, 9.17) is 9.47 Å². The third-order valence-corrected chi connectivity index (χ3v) is 2.74. The SMILES string of the molecule is CCC(Nc1cccc(NC(=O)OC(C)(C)C)c1)C(=O)OC. The van der Waals surface area contributed by atoms with Crippen LogP contribution in [-0.2, 0) is 14.3 Å². The minimum atomic E-state index is -0.557. The molecule has 0 spiro atoms. The summed E-state index contributed by atoms with van der Waals surface area (Å²) in [5.74, 6) is -0.326. The molecule has 0 saturated carbocycles. The quantitative estimate of drug-likeness (QED) is 0.815. The third kappa shape index (κ3) is 6.03. The molecule has 1 amide bonds. The summed E-state index contributed by atoms with van der Waals surface area (Å²) in [6, 6.07) is 6.64. The summed E-state index contributed by atoms with van der Waals surface area (Å²) < 4.78 is 9.93. The molecule has 1 atom stereocenters. The fourth-order valence-corrected chi connectivity index (χ4v) is 1.78. The Morgan fingerprint density at radius 1 is 1.23 bits per heavy atom. The van der Waals surface area contributed by atoms with E-state index in [1.54, 1.807) is 39.0 Å². The second-order valence-corrected chi connectivity index (χ2v) is 5.84. The lowest BCUT2D eigenvalue weighted by molar-refractivity contribution is -0.141. The molecule has 122 valence electrons. The van der Waals surface area contributed by atoms with Crippen molar-refractivity contribution < 1.29 is 19.1 Å². The van der Waals surface area contributed by atoms with E-state index >= 15 is 0 Å². The van der Waals surface area contributed by atoms with Gasteiger partial charge in [0, 0.05) is 11.4 Å². The maximum absolute atomic E-state index is 11.7. The van der Waals surface area contributed by atoms with Crippen LogP contribution in [0.4, 0.5) is 16.2 Å². The minimum absolute atomic E-state index is 0.326. The standard InChI is InChI=1S/C16H24N2O4/c1-6-13(14(19)21-5)17-11-8-7-9-12(10-11)18-15(20)22-16(2,3)4/h7-10,13,17H,6H2,1-5H3,(H,18,20). The molecule has 0 aliphatic heterocycles. The van der Waals surface area contributed by atoms with Crippen LogP contribution in [0.2, 0.25) is 0 Å². The molecule has 0 radical (unpaired) electrons. The van der Waals surface area contributed by atoms with Crippen molar-refractivity contribution in [3.63, 3.8) is 0 Å². The summed E-state index contributed by atoms with van der Waals surface area (Å²) in [5, 5.41) is 5.73. The molecular formula is C16H24N2O4. The van der Waals surface area contributed by atoms with Crippen molar-refractivity contribution in [2.45, 2.75) is 45.8 Å². The van der Waals surface area contributed by atoms with Crippen LogP contribution in [-0.4, -0.2) is 30.8 Å². The van der Waals surface area contributed by atoms with Gasteiger partial charge in [-0.2, -0.15) is 0 Å². The van der Waals surface area contributed by atoms with Crippen molar-refractivity contribution in [1.29, 1.82) is 0 Å². The topological polar surface area (TPSA) is 76.7 Å². The van der Waals surface area contributed by atoms with E-state index in [0.29, 0.717) is 17.8 Å². The highest BCUT2D eigenvalue weighted by Crippen LogP contribution is 2.18. The lowest BCUT2D eigenvalue weighted by Gasteiger charge is -2.20. The molecule has 0 heterocycles. The number of hydrogen-bond acceptors (Lipinski definition) is 5. The van der Waals surface area contributed by atoms with E-state index in [-0.39, 0.29) is 5.97 Å². The van der Waals surface area contributed by atoms with Crippen LogP contribution in [0, 0.1) is 0 Å². The predicted molar refractivity (Wildman–Crippen MR) is 86.0 cm³/mol. The molecule has 6 heteroatoms. The van der Waals surface area contributed by atoms with Crippen molar-refractivity contribution in [2.24, 2.45) is 0 Å². The number of esters is 1. The number of hydrogen-bond donors (Lipinski definition) is 2. The van der Waals surface area contributed by atoms with Crippen molar-refractivity contribution in [3.05, 3.63) is 24.3 Å². The summed E-state index contributed by atoms with van der Waals surface area (Å²) in [6.07, 6.45) is 0.0702. The van der Waals surface area contributed by atoms with E-state index in [2.05, 4.69) is 10.6 Å². The van der Waals surface area contributed by atoms with Gasteiger partial charge in [-0.25, -0.2) is 9.59 Å². The summed E-state index contributed by atoms with van der Waals surface area (Å²) in [5.41, 5.74) is 0.739. The average molecular weight is 308 g/mol. The van der Waals surface area contributed by atoms with Gasteiger partial charge in [-0.1, -0.05) is 13.0 Å². The van der Waals surface area contributed by atoms with Gasteiger partial charge in [0.1, 0.15) is 11.6 Å². The zero-order chi connectivity index (χ0) is 16.8. The van der Waals surface area contributed by atoms with Crippen LogP contribution < -0.4 is 10.6 Å². The molecule has 1 aromatic carbocycles. The number of carbonyl (C=O) groups is 2. The lowest BCUT2D eigenvalue weighted by Crippen LogP contribution is -2.30. The van der Waals surface area contributed by atoms with Gasteiger partial charge in [0.25, 0.3) is 0 Å². The highest BCUT2D eigenvalue weighted by atomic mass is 16.6. The Morgan fingerprint density at radius 2 is 1.86 bits per heavy atom. The average Bonchev–Trinajstić information content (AvgIpc) is 2.42. The normalized spacial score (nSPS) is 12.2. The van der Waals surface area contributed by atoms with E-state index in [1.807, 2.05) is 13.0 Å². The van der Waals surface area contributed by atoms with Gasteiger partial charge in [0.05, 0.1) is 7.11 Å². The molecular weight excluding hydrogens is 284 g/mol. The molecule has 0 aliphatic carbocycles. The smallest absolute Gasteiger partial charge is 0.412 e. The number of benzene rings is 1. The first kappa shape index (κ1) is 17.8. The van der Waals surface area contributed by atoms with Crippen LogP contribution in [0.5, 0.6) is 0 Å². The van der Waals surface area contributed by atoms with Gasteiger partial charge in [-0.05, 0) is 45.4 Å². The maximum Gasteiger partial charge on any atom is 0.412 e. The maximum atomic E-state index is 11.7. The lowest BCUT2D eigenvalue weighted by atomic mass is 10.2. The molecule has 2 N–H and O–H groups in total. The first-order valence-electron chi connectivity index (χ1n) is 7.19. The zero-order valence-electron chi connectivity index (χ0n) is 13.7. The number of ether oxygens (including phenoxy) is 2. The first-order chi connectivity index (χ1) is 10.2. The van der Waals surface area contributed by atoms with Crippen LogP contribution in [0.1, 0.15) is 34.1 Å². The highest BCUT2D eigenvalue weighted by molar-refractivity contribution is 5.86. The molecule has 0 aromatic heterocycles. The van der Waals surface area contributed by atoms with E-state index in [1.165, 1.54) is 7.11 Å². The molecule has 1 unspecified atom stereocenters. The van der Waals surface area contributed by atoms with Gasteiger partial charge >= 0.3 is 12.1 Å². The fraction of sp³-hybridized carbons (Fsp3) is 0.500. The molecule has 0 fully saturated rings. The number of methoxy groups -OCH3 is 1. The number of rotatable bonds is 5. The Labute approximate surface area is 131 Å². The van der Waals surface area contributed by atoms with Crippen molar-refractivity contribution in [3.8, 4) is 0 Å². The predicted octanol–water partition coefficient (Wildman–Crippen LogP) is 3.40. The molecule has 6 nitrogen and oxygen atoms in total. The summed E-state index contributed by atoms with van der Waals surface area (Å²) in [7, 11) is 1.35. The van der Waals surface area contributed by atoms with Crippen LogP contribution in [0.25, 0.3) is 0 Å². The second-order valence-electron chi connectivity index (χ2n) is 5.84. The Balaban J connectivity index is 2.73. The van der Waals surface area contributed by atoms with E-state index < -0.39 is 17.7 Å². The monoisotopic (exact) mass is 308 g/mol. The van der Waals surface area contributed by atoms with Crippen molar-refractivity contribution in [2.75, 3.05) is 17.7 Å². The molecule has 22 heavy (non-hydrogen) atoms. The Kier molecular flexibility index (Phi) is 6.22. The second kappa shape index (κ2) is 7.68. The summed E-state index contributed by atoms with van der Waals surface area (Å²) in [6.45, 7) is 7.28. The van der Waals surface area contributed by atoms with Crippen LogP contribution in [0.15, 0.2) is 24.3 Å². The number of amides is 1. The summed E-state index contributed by atoms with van der Waals surface area (Å²) >= 11 is 0. The minimum Gasteiger partial charge on any atom is -0.467 e. The highest BCUT2D eigenvalue weighted by Gasteiger charge is 2.18. The Bertz CT molecular complexity index is 523. The van der Waals surface area contributed by atoms with Crippen molar-refractivity contribution in [1.82, 2.24) is 0 Å². The third-order valence-electron chi connectivity index (χ3n) is 2.74. The van der Waals surface area contributed by atoms with Gasteiger partial charge in [0.2, 0.25) is 0 Å². The Hall–Kier alpha value is -2.24. The molecule has 0 bridgehead atoms. The van der Waals surface area contributed by atoms with Crippen LogP contribution in [0.3, 0.4) is 0 Å². The fourth-order valence-electron chi connectivity index (χ4n) is 1.78. The molecule has 1 rings (SSSR count). The van der Waals surface area contributed by atoms with Crippen molar-refractivity contribution >= 4 is 23.4 Å². The largest absolute Gasteiger partial charge is 0.467 e. The zero-order valence-corrected chi connectivity index (χ0v) is 13.7. The number of anilines is 2. The van der Waals surface area contributed by atoms with E-state index in [9.17, 15) is 9.59 Å².